The summed E-state index contributed by atoms with van der Waals surface area (Å²) < 4.78 is 10.7. The van der Waals surface area contributed by atoms with Gasteiger partial charge in [0.05, 0.1) is 14.2 Å². The Morgan fingerprint density at radius 1 is 1.38 bits per heavy atom. The number of methoxy groups -OCH3 is 2. The summed E-state index contributed by atoms with van der Waals surface area (Å²) in [7, 11) is 5.53. The van der Waals surface area contributed by atoms with Crippen LogP contribution in [0.5, 0.6) is 0 Å². The number of allylic oxidation sites excluding steroid dienone is 1. The van der Waals surface area contributed by atoms with E-state index in [0.29, 0.717) is 0 Å². The van der Waals surface area contributed by atoms with Crippen molar-refractivity contribution in [3.8, 4) is 0 Å². The fourth-order valence-electron chi connectivity index (χ4n) is 2.03. The lowest BCUT2D eigenvalue weighted by molar-refractivity contribution is 0.136. The van der Waals surface area contributed by atoms with E-state index in [1.807, 2.05) is 6.08 Å². The molecule has 0 aliphatic heterocycles. The van der Waals surface area contributed by atoms with Gasteiger partial charge in [-0.15, -0.1) is 0 Å². The minimum Gasteiger partial charge on any atom is -0.497 e. The van der Waals surface area contributed by atoms with Gasteiger partial charge in [0, 0.05) is 12.0 Å². The molecular weight excluding hydrogens is 202 g/mol. The Labute approximate surface area is 98.7 Å². The number of ether oxygens (including phenoxy) is 2. The van der Waals surface area contributed by atoms with Gasteiger partial charge in [-0.25, -0.2) is 0 Å². The Hall–Kier alpha value is -0.960. The van der Waals surface area contributed by atoms with Gasteiger partial charge in [-0.05, 0) is 33.0 Å². The molecule has 0 fully saturated rings. The monoisotopic (exact) mass is 225 g/mol. The maximum atomic E-state index is 5.40. The molecule has 0 amide bonds. The van der Waals surface area contributed by atoms with Gasteiger partial charge in [0.2, 0.25) is 0 Å². The van der Waals surface area contributed by atoms with Crippen LogP contribution in [-0.4, -0.2) is 38.3 Å². The molecule has 1 atom stereocenters. The van der Waals surface area contributed by atoms with Crippen molar-refractivity contribution < 1.29 is 9.47 Å². The lowest BCUT2D eigenvalue weighted by Crippen LogP contribution is -2.44. The van der Waals surface area contributed by atoms with Crippen molar-refractivity contribution in [2.45, 2.75) is 32.2 Å². The third-order valence-electron chi connectivity index (χ3n) is 3.28. The number of hydrogen-bond donors (Lipinski definition) is 0. The van der Waals surface area contributed by atoms with Gasteiger partial charge in [-0.2, -0.15) is 0 Å². The SMILES string of the molecule is CCCN(C)C1(C)C=CC(OC)=C(OC)C1. The summed E-state index contributed by atoms with van der Waals surface area (Å²) in [5, 5.41) is 0. The first kappa shape index (κ1) is 13.1. The van der Waals surface area contributed by atoms with Gasteiger partial charge in [-0.1, -0.05) is 13.0 Å². The summed E-state index contributed by atoms with van der Waals surface area (Å²) >= 11 is 0. The quantitative estimate of drug-likeness (QED) is 0.717. The number of hydrogen-bond acceptors (Lipinski definition) is 3. The van der Waals surface area contributed by atoms with Crippen LogP contribution >= 0.6 is 0 Å². The second-order valence-corrected chi connectivity index (χ2v) is 4.48. The normalized spacial score (nSPS) is 25.1. The summed E-state index contributed by atoms with van der Waals surface area (Å²) in [6, 6.07) is 0. The van der Waals surface area contributed by atoms with Crippen molar-refractivity contribution in [2.75, 3.05) is 27.8 Å². The van der Waals surface area contributed by atoms with Crippen molar-refractivity contribution in [1.29, 1.82) is 0 Å². The Morgan fingerprint density at radius 3 is 2.56 bits per heavy atom. The maximum Gasteiger partial charge on any atom is 0.156 e. The highest BCUT2D eigenvalue weighted by Crippen LogP contribution is 2.31. The zero-order valence-electron chi connectivity index (χ0n) is 11.0. The summed E-state index contributed by atoms with van der Waals surface area (Å²) in [6.07, 6.45) is 6.22. The number of nitrogens with zero attached hydrogens (tertiary/aromatic N) is 1. The van der Waals surface area contributed by atoms with Crippen LogP contribution in [0.1, 0.15) is 26.7 Å². The van der Waals surface area contributed by atoms with E-state index in [9.17, 15) is 0 Å². The van der Waals surface area contributed by atoms with E-state index in [1.54, 1.807) is 14.2 Å². The van der Waals surface area contributed by atoms with Gasteiger partial charge in [0.15, 0.2) is 5.76 Å². The zero-order valence-corrected chi connectivity index (χ0v) is 11.0. The van der Waals surface area contributed by atoms with E-state index in [-0.39, 0.29) is 5.54 Å². The van der Waals surface area contributed by atoms with E-state index in [2.05, 4.69) is 31.9 Å². The van der Waals surface area contributed by atoms with Crippen LogP contribution in [0, 0.1) is 0 Å². The molecule has 92 valence electrons. The van der Waals surface area contributed by atoms with Crippen LogP contribution in [0.15, 0.2) is 23.7 Å². The summed E-state index contributed by atoms with van der Waals surface area (Å²) in [4.78, 5) is 2.36. The van der Waals surface area contributed by atoms with E-state index < -0.39 is 0 Å². The predicted molar refractivity (Wildman–Crippen MR) is 66.1 cm³/mol. The molecule has 0 bridgehead atoms. The second-order valence-electron chi connectivity index (χ2n) is 4.48. The van der Waals surface area contributed by atoms with Crippen molar-refractivity contribution in [1.82, 2.24) is 4.90 Å². The molecule has 1 aliphatic rings. The summed E-state index contributed by atoms with van der Waals surface area (Å²) in [6.45, 7) is 5.50. The molecule has 1 rings (SSSR count). The summed E-state index contributed by atoms with van der Waals surface area (Å²) in [5.41, 5.74) is 0.0311. The molecule has 0 N–H and O–H groups in total. The summed E-state index contributed by atoms with van der Waals surface area (Å²) in [5.74, 6) is 1.76. The second kappa shape index (κ2) is 5.39. The first-order chi connectivity index (χ1) is 7.57. The molecule has 0 heterocycles. The van der Waals surface area contributed by atoms with Gasteiger partial charge in [0.25, 0.3) is 0 Å². The van der Waals surface area contributed by atoms with E-state index in [1.165, 1.54) is 0 Å². The zero-order chi connectivity index (χ0) is 12.2. The highest BCUT2D eigenvalue weighted by molar-refractivity contribution is 5.28. The fraction of sp³-hybridized carbons (Fsp3) is 0.692. The predicted octanol–water partition coefficient (Wildman–Crippen LogP) is 2.55. The first-order valence-corrected chi connectivity index (χ1v) is 5.79. The third kappa shape index (κ3) is 2.59. The minimum absolute atomic E-state index is 0.0311. The Morgan fingerprint density at radius 2 is 2.06 bits per heavy atom. The Kier molecular flexibility index (Phi) is 4.42. The van der Waals surface area contributed by atoms with E-state index in [4.69, 9.17) is 9.47 Å². The molecule has 0 saturated carbocycles. The molecule has 1 unspecified atom stereocenters. The minimum atomic E-state index is 0.0311. The van der Waals surface area contributed by atoms with Gasteiger partial charge in [-0.3, -0.25) is 4.90 Å². The fourth-order valence-corrected chi connectivity index (χ4v) is 2.03. The standard InChI is InChI=1S/C13H23NO2/c1-6-9-14(3)13(2)8-7-11(15-4)12(10-13)16-5/h7-8H,6,9-10H2,1-5H3. The molecule has 1 aliphatic carbocycles. The number of likely N-dealkylation sites (N-methyl/N-ethyl adjacent to an activating group) is 1. The van der Waals surface area contributed by atoms with E-state index >= 15 is 0 Å². The van der Waals surface area contributed by atoms with Gasteiger partial charge < -0.3 is 9.47 Å². The van der Waals surface area contributed by atoms with Crippen LogP contribution in [0.4, 0.5) is 0 Å². The molecule has 3 heteroatoms. The topological polar surface area (TPSA) is 21.7 Å². The van der Waals surface area contributed by atoms with Crippen molar-refractivity contribution in [3.05, 3.63) is 23.7 Å². The lowest BCUT2D eigenvalue weighted by atomic mass is 9.89. The molecule has 0 spiro atoms. The Bertz CT molecular complexity index is 296. The van der Waals surface area contributed by atoms with Crippen LogP contribution in [-0.2, 0) is 9.47 Å². The maximum absolute atomic E-state index is 5.40. The van der Waals surface area contributed by atoms with Crippen LogP contribution in [0.25, 0.3) is 0 Å². The van der Waals surface area contributed by atoms with Crippen LogP contribution in [0.2, 0.25) is 0 Å². The highest BCUT2D eigenvalue weighted by Gasteiger charge is 2.31. The lowest BCUT2D eigenvalue weighted by Gasteiger charge is -2.38. The molecule has 3 nitrogen and oxygen atoms in total. The average molecular weight is 225 g/mol. The molecule has 0 aromatic rings. The molecule has 0 aromatic carbocycles. The molecule has 0 saturated heterocycles. The van der Waals surface area contributed by atoms with Gasteiger partial charge >= 0.3 is 0 Å². The Balaban J connectivity index is 2.83. The van der Waals surface area contributed by atoms with Crippen LogP contribution in [0.3, 0.4) is 0 Å². The van der Waals surface area contributed by atoms with Crippen LogP contribution < -0.4 is 0 Å². The first-order valence-electron chi connectivity index (χ1n) is 5.79. The van der Waals surface area contributed by atoms with Crippen molar-refractivity contribution in [2.24, 2.45) is 0 Å². The number of rotatable bonds is 5. The highest BCUT2D eigenvalue weighted by atomic mass is 16.5. The van der Waals surface area contributed by atoms with Gasteiger partial charge in [0.1, 0.15) is 5.76 Å². The average Bonchev–Trinajstić information content (AvgIpc) is 2.29. The third-order valence-corrected chi connectivity index (χ3v) is 3.28. The molecular formula is C13H23NO2. The molecule has 16 heavy (non-hydrogen) atoms. The molecule has 0 aromatic heterocycles. The largest absolute Gasteiger partial charge is 0.497 e. The van der Waals surface area contributed by atoms with E-state index in [0.717, 1.165) is 30.9 Å². The van der Waals surface area contributed by atoms with Crippen molar-refractivity contribution in [3.63, 3.8) is 0 Å². The van der Waals surface area contributed by atoms with Crippen molar-refractivity contribution >= 4 is 0 Å². The smallest absolute Gasteiger partial charge is 0.156 e. The molecule has 0 radical (unpaired) electrons.